The van der Waals surface area contributed by atoms with Crippen LogP contribution in [-0.4, -0.2) is 41.5 Å². The van der Waals surface area contributed by atoms with Gasteiger partial charge in [-0.1, -0.05) is 12.1 Å². The molecule has 1 aromatic carbocycles. The second kappa shape index (κ2) is 7.20. The SMILES string of the molecule is CC1CN(C(=O)CCCCc2nc3ccccc3s2)CCN1. The Morgan fingerprint density at radius 3 is 3.09 bits per heavy atom. The van der Waals surface area contributed by atoms with E-state index in [4.69, 9.17) is 0 Å². The van der Waals surface area contributed by atoms with Crippen LogP contribution >= 0.6 is 11.3 Å². The molecule has 2 aromatic rings. The molecular weight excluding hydrogens is 294 g/mol. The van der Waals surface area contributed by atoms with Crippen molar-refractivity contribution in [3.63, 3.8) is 0 Å². The van der Waals surface area contributed by atoms with Crippen LogP contribution in [0.15, 0.2) is 24.3 Å². The molecule has 5 heteroatoms. The fourth-order valence-electron chi connectivity index (χ4n) is 2.90. The standard InChI is InChI=1S/C17H23N3OS/c1-13-12-20(11-10-18-13)17(21)9-5-4-8-16-19-14-6-2-3-7-15(14)22-16/h2-3,6-7,13,18H,4-5,8-12H2,1H3. The number of hydrogen-bond acceptors (Lipinski definition) is 4. The second-order valence-electron chi connectivity index (χ2n) is 5.98. The van der Waals surface area contributed by atoms with Gasteiger partial charge >= 0.3 is 0 Å². The number of aromatic nitrogens is 1. The molecule has 0 bridgehead atoms. The smallest absolute Gasteiger partial charge is 0.222 e. The lowest BCUT2D eigenvalue weighted by Gasteiger charge is -2.32. The Labute approximate surface area is 135 Å². The van der Waals surface area contributed by atoms with Crippen LogP contribution in [0, 0.1) is 0 Å². The number of piperazine rings is 1. The minimum Gasteiger partial charge on any atom is -0.340 e. The Morgan fingerprint density at radius 1 is 1.41 bits per heavy atom. The Balaban J connectivity index is 1.42. The van der Waals surface area contributed by atoms with E-state index in [-0.39, 0.29) is 0 Å². The molecule has 1 aliphatic rings. The molecular formula is C17H23N3OS. The van der Waals surface area contributed by atoms with Gasteiger partial charge in [0.25, 0.3) is 0 Å². The molecule has 1 fully saturated rings. The number of nitrogens with zero attached hydrogens (tertiary/aromatic N) is 2. The molecule has 1 atom stereocenters. The molecule has 0 spiro atoms. The summed E-state index contributed by atoms with van der Waals surface area (Å²) in [5.74, 6) is 0.303. The average Bonchev–Trinajstić information content (AvgIpc) is 2.94. The van der Waals surface area contributed by atoms with Gasteiger partial charge in [-0.2, -0.15) is 0 Å². The van der Waals surface area contributed by atoms with Crippen molar-refractivity contribution < 1.29 is 4.79 Å². The molecule has 3 rings (SSSR count). The molecule has 2 heterocycles. The molecule has 1 aromatic heterocycles. The van der Waals surface area contributed by atoms with Gasteiger partial charge < -0.3 is 10.2 Å². The number of aryl methyl sites for hydroxylation is 1. The number of amides is 1. The van der Waals surface area contributed by atoms with E-state index in [2.05, 4.69) is 35.4 Å². The molecule has 1 N–H and O–H groups in total. The lowest BCUT2D eigenvalue weighted by Crippen LogP contribution is -2.51. The van der Waals surface area contributed by atoms with Crippen LogP contribution in [-0.2, 0) is 11.2 Å². The topological polar surface area (TPSA) is 45.2 Å². The summed E-state index contributed by atoms with van der Waals surface area (Å²) < 4.78 is 1.25. The van der Waals surface area contributed by atoms with Gasteiger partial charge in [0.15, 0.2) is 0 Å². The third kappa shape index (κ3) is 3.84. The van der Waals surface area contributed by atoms with E-state index in [9.17, 15) is 4.79 Å². The second-order valence-corrected chi connectivity index (χ2v) is 7.09. The number of benzene rings is 1. The van der Waals surface area contributed by atoms with Crippen molar-refractivity contribution in [1.82, 2.24) is 15.2 Å². The number of fused-ring (bicyclic) bond motifs is 1. The molecule has 1 amide bonds. The van der Waals surface area contributed by atoms with Gasteiger partial charge in [0.2, 0.25) is 5.91 Å². The predicted molar refractivity (Wildman–Crippen MR) is 91.2 cm³/mol. The van der Waals surface area contributed by atoms with Crippen LogP contribution < -0.4 is 5.32 Å². The van der Waals surface area contributed by atoms with Crippen molar-refractivity contribution in [3.05, 3.63) is 29.3 Å². The van der Waals surface area contributed by atoms with E-state index >= 15 is 0 Å². The molecule has 1 saturated heterocycles. The monoisotopic (exact) mass is 317 g/mol. The van der Waals surface area contributed by atoms with Gasteiger partial charge in [0, 0.05) is 32.1 Å². The number of thiazole rings is 1. The van der Waals surface area contributed by atoms with Gasteiger partial charge in [0.05, 0.1) is 15.2 Å². The molecule has 0 aliphatic carbocycles. The highest BCUT2D eigenvalue weighted by molar-refractivity contribution is 7.18. The van der Waals surface area contributed by atoms with Crippen LogP contribution in [0.5, 0.6) is 0 Å². The maximum absolute atomic E-state index is 12.2. The summed E-state index contributed by atoms with van der Waals surface area (Å²) in [6.07, 6.45) is 3.63. The highest BCUT2D eigenvalue weighted by Gasteiger charge is 2.19. The fraction of sp³-hybridized carbons (Fsp3) is 0.529. The Kier molecular flexibility index (Phi) is 5.05. The van der Waals surface area contributed by atoms with E-state index in [0.29, 0.717) is 18.4 Å². The van der Waals surface area contributed by atoms with Gasteiger partial charge in [0.1, 0.15) is 0 Å². The third-order valence-electron chi connectivity index (χ3n) is 4.09. The maximum Gasteiger partial charge on any atom is 0.222 e. The van der Waals surface area contributed by atoms with Crippen LogP contribution in [0.25, 0.3) is 10.2 Å². The quantitative estimate of drug-likeness (QED) is 0.863. The summed E-state index contributed by atoms with van der Waals surface area (Å²) in [5.41, 5.74) is 1.09. The van der Waals surface area contributed by atoms with Crippen molar-refractivity contribution in [1.29, 1.82) is 0 Å². The zero-order valence-corrected chi connectivity index (χ0v) is 13.9. The zero-order chi connectivity index (χ0) is 15.4. The number of carbonyl (C=O) groups is 1. The van der Waals surface area contributed by atoms with E-state index in [1.54, 1.807) is 11.3 Å². The van der Waals surface area contributed by atoms with Crippen molar-refractivity contribution in [2.45, 2.75) is 38.6 Å². The van der Waals surface area contributed by atoms with E-state index in [1.807, 2.05) is 11.0 Å². The first-order valence-electron chi connectivity index (χ1n) is 8.08. The minimum atomic E-state index is 0.303. The highest BCUT2D eigenvalue weighted by atomic mass is 32.1. The lowest BCUT2D eigenvalue weighted by atomic mass is 10.1. The summed E-state index contributed by atoms with van der Waals surface area (Å²) in [7, 11) is 0. The Morgan fingerprint density at radius 2 is 2.27 bits per heavy atom. The van der Waals surface area contributed by atoms with Crippen molar-refractivity contribution in [2.75, 3.05) is 19.6 Å². The summed E-state index contributed by atoms with van der Waals surface area (Å²) in [6.45, 7) is 4.74. The lowest BCUT2D eigenvalue weighted by molar-refractivity contribution is -0.132. The normalized spacial score (nSPS) is 18.8. The first kappa shape index (κ1) is 15.4. The van der Waals surface area contributed by atoms with Gasteiger partial charge in [-0.3, -0.25) is 4.79 Å². The molecule has 1 aliphatic heterocycles. The number of hydrogen-bond donors (Lipinski definition) is 1. The maximum atomic E-state index is 12.2. The largest absolute Gasteiger partial charge is 0.340 e. The third-order valence-corrected chi connectivity index (χ3v) is 5.19. The van der Waals surface area contributed by atoms with Crippen molar-refractivity contribution in [3.8, 4) is 0 Å². The molecule has 1 unspecified atom stereocenters. The van der Waals surface area contributed by atoms with Gasteiger partial charge in [-0.15, -0.1) is 11.3 Å². The first-order chi connectivity index (χ1) is 10.7. The number of rotatable bonds is 5. The van der Waals surface area contributed by atoms with E-state index in [1.165, 1.54) is 9.71 Å². The van der Waals surface area contributed by atoms with Crippen LogP contribution in [0.2, 0.25) is 0 Å². The van der Waals surface area contributed by atoms with Crippen LogP contribution in [0.3, 0.4) is 0 Å². The highest BCUT2D eigenvalue weighted by Crippen LogP contribution is 2.22. The average molecular weight is 317 g/mol. The molecule has 0 radical (unpaired) electrons. The van der Waals surface area contributed by atoms with Crippen LogP contribution in [0.1, 0.15) is 31.2 Å². The summed E-state index contributed by atoms with van der Waals surface area (Å²) >= 11 is 1.77. The van der Waals surface area contributed by atoms with Crippen molar-refractivity contribution in [2.24, 2.45) is 0 Å². The van der Waals surface area contributed by atoms with E-state index in [0.717, 1.165) is 44.4 Å². The van der Waals surface area contributed by atoms with Crippen LogP contribution in [0.4, 0.5) is 0 Å². The Bertz CT molecular complexity index is 607. The number of para-hydroxylation sites is 1. The Hall–Kier alpha value is -1.46. The van der Waals surface area contributed by atoms with Gasteiger partial charge in [-0.25, -0.2) is 4.98 Å². The molecule has 118 valence electrons. The molecule has 4 nitrogen and oxygen atoms in total. The summed E-state index contributed by atoms with van der Waals surface area (Å²) in [5, 5.41) is 4.55. The predicted octanol–water partition coefficient (Wildman–Crippen LogP) is 2.83. The van der Waals surface area contributed by atoms with E-state index < -0.39 is 0 Å². The van der Waals surface area contributed by atoms with Gasteiger partial charge in [-0.05, 0) is 38.3 Å². The number of unbranched alkanes of at least 4 members (excludes halogenated alkanes) is 1. The number of nitrogens with one attached hydrogen (secondary N) is 1. The van der Waals surface area contributed by atoms with Crippen molar-refractivity contribution >= 4 is 27.5 Å². The summed E-state index contributed by atoms with van der Waals surface area (Å²) in [4.78, 5) is 18.8. The zero-order valence-electron chi connectivity index (χ0n) is 13.0. The first-order valence-corrected chi connectivity index (χ1v) is 8.89. The summed E-state index contributed by atoms with van der Waals surface area (Å²) in [6, 6.07) is 8.67. The minimum absolute atomic E-state index is 0.303. The number of carbonyl (C=O) groups excluding carboxylic acids is 1. The molecule has 0 saturated carbocycles. The molecule has 22 heavy (non-hydrogen) atoms. The fourth-order valence-corrected chi connectivity index (χ4v) is 3.91.